The highest BCUT2D eigenvalue weighted by Crippen LogP contribution is 2.24. The van der Waals surface area contributed by atoms with E-state index in [4.69, 9.17) is 5.11 Å². The van der Waals surface area contributed by atoms with Crippen molar-refractivity contribution in [3.8, 4) is 11.4 Å². The van der Waals surface area contributed by atoms with Crippen molar-refractivity contribution in [2.24, 2.45) is 7.05 Å². The summed E-state index contributed by atoms with van der Waals surface area (Å²) in [7, 11) is 1.78. The summed E-state index contributed by atoms with van der Waals surface area (Å²) >= 11 is 0. The molecule has 0 aromatic carbocycles. The summed E-state index contributed by atoms with van der Waals surface area (Å²) in [4.78, 5) is 29.3. The summed E-state index contributed by atoms with van der Waals surface area (Å²) in [6.45, 7) is 1.18. The number of carbonyl (C=O) groups is 2. The predicted molar refractivity (Wildman–Crippen MR) is 93.0 cm³/mol. The van der Waals surface area contributed by atoms with Crippen LogP contribution in [0.2, 0.25) is 0 Å². The number of rotatable bonds is 4. The van der Waals surface area contributed by atoms with E-state index in [1.54, 1.807) is 46.0 Å². The number of nitrogens with zero attached hydrogens (tertiary/aromatic N) is 7. The van der Waals surface area contributed by atoms with Gasteiger partial charge in [-0.3, -0.25) is 14.5 Å². The van der Waals surface area contributed by atoms with Crippen LogP contribution in [0.5, 0.6) is 0 Å². The monoisotopic (exact) mass is 367 g/mol. The van der Waals surface area contributed by atoms with Gasteiger partial charge in [-0.05, 0) is 18.6 Å². The van der Waals surface area contributed by atoms with Crippen LogP contribution in [0.25, 0.3) is 11.4 Å². The van der Waals surface area contributed by atoms with E-state index in [1.807, 2.05) is 0 Å². The number of carbonyl (C=O) groups excluding carboxylic acids is 1. The maximum Gasteiger partial charge on any atom is 0.337 e. The predicted octanol–water partition coefficient (Wildman–Crippen LogP) is 0.859. The Hall–Kier alpha value is -3.56. The zero-order chi connectivity index (χ0) is 19.0. The van der Waals surface area contributed by atoms with Gasteiger partial charge in [0.2, 0.25) is 0 Å². The minimum absolute atomic E-state index is 0.0326. The number of aryl methyl sites for hydroxylation is 1. The van der Waals surface area contributed by atoms with E-state index in [2.05, 4.69) is 20.4 Å². The molecule has 1 amide bonds. The molecule has 1 aliphatic rings. The van der Waals surface area contributed by atoms with Crippen molar-refractivity contribution in [2.75, 3.05) is 13.1 Å². The Morgan fingerprint density at radius 2 is 2.00 bits per heavy atom. The number of amides is 1. The third-order valence-electron chi connectivity index (χ3n) is 4.56. The van der Waals surface area contributed by atoms with Gasteiger partial charge in [-0.15, -0.1) is 5.10 Å². The van der Waals surface area contributed by atoms with Crippen LogP contribution in [0.1, 0.15) is 33.2 Å². The van der Waals surface area contributed by atoms with Crippen molar-refractivity contribution >= 4 is 11.9 Å². The fourth-order valence-electron chi connectivity index (χ4n) is 3.10. The molecule has 138 valence electrons. The molecule has 4 heterocycles. The number of aromatic nitrogens is 6. The molecule has 1 aliphatic heterocycles. The van der Waals surface area contributed by atoms with Gasteiger partial charge in [0, 0.05) is 32.5 Å². The van der Waals surface area contributed by atoms with Crippen molar-refractivity contribution in [1.29, 1.82) is 0 Å². The molecular formula is C17H17N7O3. The van der Waals surface area contributed by atoms with Crippen molar-refractivity contribution in [2.45, 2.75) is 12.5 Å². The minimum Gasteiger partial charge on any atom is -0.478 e. The molecule has 1 fully saturated rings. The standard InChI is InChI=1S/C17H17N7O3/c1-22-8-12(7-19-22)16(25)23-5-4-13(9-23)24-10-15(20-21-24)14-3-2-11(6-18-14)17(26)27/h2-3,6-8,10,13H,4-5,9H2,1H3,(H,26,27). The molecule has 10 heteroatoms. The molecule has 0 spiro atoms. The highest BCUT2D eigenvalue weighted by atomic mass is 16.4. The summed E-state index contributed by atoms with van der Waals surface area (Å²) in [5.74, 6) is -1.07. The Morgan fingerprint density at radius 1 is 1.15 bits per heavy atom. The van der Waals surface area contributed by atoms with Crippen LogP contribution < -0.4 is 0 Å². The number of likely N-dealkylation sites (tertiary alicyclic amines) is 1. The lowest BCUT2D eigenvalue weighted by Gasteiger charge is -2.15. The Morgan fingerprint density at radius 3 is 2.67 bits per heavy atom. The number of hydrogen-bond acceptors (Lipinski definition) is 6. The van der Waals surface area contributed by atoms with Gasteiger partial charge >= 0.3 is 5.97 Å². The van der Waals surface area contributed by atoms with Crippen LogP contribution in [0.15, 0.2) is 36.9 Å². The molecule has 1 atom stereocenters. The first-order valence-corrected chi connectivity index (χ1v) is 8.41. The van der Waals surface area contributed by atoms with Crippen LogP contribution in [-0.2, 0) is 7.05 Å². The van der Waals surface area contributed by atoms with Crippen LogP contribution in [0.4, 0.5) is 0 Å². The summed E-state index contributed by atoms with van der Waals surface area (Å²) in [5, 5.41) is 21.3. The molecule has 10 nitrogen and oxygen atoms in total. The first-order valence-electron chi connectivity index (χ1n) is 8.41. The Kier molecular flexibility index (Phi) is 4.15. The Labute approximate surface area is 154 Å². The van der Waals surface area contributed by atoms with E-state index < -0.39 is 5.97 Å². The molecule has 0 radical (unpaired) electrons. The van der Waals surface area contributed by atoms with E-state index in [0.29, 0.717) is 30.0 Å². The summed E-state index contributed by atoms with van der Waals surface area (Å²) < 4.78 is 3.34. The zero-order valence-corrected chi connectivity index (χ0v) is 14.6. The number of pyridine rings is 1. The lowest BCUT2D eigenvalue weighted by atomic mass is 10.2. The van der Waals surface area contributed by atoms with Crippen LogP contribution in [0.3, 0.4) is 0 Å². The van der Waals surface area contributed by atoms with Gasteiger partial charge < -0.3 is 10.0 Å². The van der Waals surface area contributed by atoms with Gasteiger partial charge in [-0.25, -0.2) is 9.48 Å². The first-order chi connectivity index (χ1) is 13.0. The van der Waals surface area contributed by atoms with Crippen LogP contribution in [-0.4, -0.2) is 64.7 Å². The van der Waals surface area contributed by atoms with Crippen LogP contribution in [0, 0.1) is 0 Å². The maximum absolute atomic E-state index is 12.5. The van der Waals surface area contributed by atoms with E-state index in [9.17, 15) is 9.59 Å². The first kappa shape index (κ1) is 16.9. The second-order valence-corrected chi connectivity index (χ2v) is 6.42. The average Bonchev–Trinajstić information content (AvgIpc) is 3.41. The molecule has 0 bridgehead atoms. The summed E-state index contributed by atoms with van der Waals surface area (Å²) in [5.41, 5.74) is 1.79. The normalized spacial score (nSPS) is 16.6. The minimum atomic E-state index is -1.03. The highest BCUT2D eigenvalue weighted by Gasteiger charge is 2.29. The number of aromatic carboxylic acids is 1. The van der Waals surface area contributed by atoms with Gasteiger partial charge in [0.15, 0.2) is 0 Å². The quantitative estimate of drug-likeness (QED) is 0.726. The van der Waals surface area contributed by atoms with E-state index in [-0.39, 0.29) is 17.5 Å². The Bertz CT molecular complexity index is 992. The highest BCUT2D eigenvalue weighted by molar-refractivity contribution is 5.93. The molecule has 3 aromatic heterocycles. The third kappa shape index (κ3) is 3.28. The topological polar surface area (TPSA) is 119 Å². The van der Waals surface area contributed by atoms with Gasteiger partial charge in [-0.1, -0.05) is 5.21 Å². The van der Waals surface area contributed by atoms with Crippen molar-refractivity contribution in [1.82, 2.24) is 34.7 Å². The number of carboxylic acid groups (broad SMARTS) is 1. The smallest absolute Gasteiger partial charge is 0.337 e. The molecular weight excluding hydrogens is 350 g/mol. The van der Waals surface area contributed by atoms with E-state index in [0.717, 1.165) is 6.42 Å². The fraction of sp³-hybridized carbons (Fsp3) is 0.294. The fourth-order valence-corrected chi connectivity index (χ4v) is 3.10. The molecule has 1 N–H and O–H groups in total. The lowest BCUT2D eigenvalue weighted by molar-refractivity contribution is 0.0695. The molecule has 0 saturated carbocycles. The third-order valence-corrected chi connectivity index (χ3v) is 4.56. The molecule has 4 rings (SSSR count). The van der Waals surface area contributed by atoms with E-state index in [1.165, 1.54) is 12.3 Å². The second-order valence-electron chi connectivity index (χ2n) is 6.42. The van der Waals surface area contributed by atoms with Crippen molar-refractivity contribution in [3.05, 3.63) is 48.0 Å². The average molecular weight is 367 g/mol. The number of carboxylic acids is 1. The maximum atomic E-state index is 12.5. The lowest BCUT2D eigenvalue weighted by Crippen LogP contribution is -2.29. The molecule has 1 unspecified atom stereocenters. The SMILES string of the molecule is Cn1cc(C(=O)N2CCC(n3cc(-c4ccc(C(=O)O)cn4)nn3)C2)cn1. The zero-order valence-electron chi connectivity index (χ0n) is 14.6. The molecule has 0 aliphatic carbocycles. The largest absolute Gasteiger partial charge is 0.478 e. The van der Waals surface area contributed by atoms with Gasteiger partial charge in [0.25, 0.3) is 5.91 Å². The van der Waals surface area contributed by atoms with Crippen LogP contribution >= 0.6 is 0 Å². The molecule has 3 aromatic rings. The molecule has 27 heavy (non-hydrogen) atoms. The van der Waals surface area contributed by atoms with Gasteiger partial charge in [0.1, 0.15) is 5.69 Å². The van der Waals surface area contributed by atoms with Crippen molar-refractivity contribution in [3.63, 3.8) is 0 Å². The summed E-state index contributed by atoms with van der Waals surface area (Å²) in [6, 6.07) is 3.11. The molecule has 1 saturated heterocycles. The van der Waals surface area contributed by atoms with Crippen molar-refractivity contribution < 1.29 is 14.7 Å². The van der Waals surface area contributed by atoms with Gasteiger partial charge in [0.05, 0.1) is 35.3 Å². The Balaban J connectivity index is 1.46. The summed E-state index contributed by atoms with van der Waals surface area (Å²) in [6.07, 6.45) is 7.11. The second kappa shape index (κ2) is 6.63. The van der Waals surface area contributed by atoms with Gasteiger partial charge in [-0.2, -0.15) is 5.10 Å². The number of hydrogen-bond donors (Lipinski definition) is 1. The van der Waals surface area contributed by atoms with E-state index >= 15 is 0 Å².